The fraction of sp³-hybridized carbons (Fsp3) is 0.727. The van der Waals surface area contributed by atoms with Gasteiger partial charge in [-0.05, 0) is 34.6 Å². The zero-order valence-electron chi connectivity index (χ0n) is 11.5. The number of aryl methyl sites for hydroxylation is 1. The maximum absolute atomic E-state index is 12.9. The van der Waals surface area contributed by atoms with Crippen LogP contribution in [0, 0.1) is 6.92 Å². The van der Waals surface area contributed by atoms with Crippen molar-refractivity contribution in [2.24, 2.45) is 0 Å². The van der Waals surface area contributed by atoms with Crippen LogP contribution in [-0.4, -0.2) is 28.5 Å². The van der Waals surface area contributed by atoms with Gasteiger partial charge in [0.05, 0.1) is 16.9 Å². The van der Waals surface area contributed by atoms with Crippen LogP contribution in [-0.2, 0) is 15.5 Å². The highest BCUT2D eigenvalue weighted by Gasteiger charge is 2.55. The molecule has 8 heteroatoms. The first kappa shape index (κ1) is 14.4. The molecule has 0 bridgehead atoms. The summed E-state index contributed by atoms with van der Waals surface area (Å²) in [5, 5.41) is 5.63. The number of hydrogen-bond donors (Lipinski definition) is 1. The smallest absolute Gasteiger partial charge is 0.399 e. The minimum Gasteiger partial charge on any atom is -0.399 e. The molecule has 0 aliphatic carbocycles. The van der Waals surface area contributed by atoms with Gasteiger partial charge in [0.25, 0.3) is 0 Å². The van der Waals surface area contributed by atoms with Gasteiger partial charge in [0, 0.05) is 5.46 Å². The number of H-pyrrole nitrogens is 1. The van der Waals surface area contributed by atoms with E-state index in [0.717, 1.165) is 0 Å². The number of nitrogens with one attached hydrogen (secondary N) is 1. The van der Waals surface area contributed by atoms with Crippen molar-refractivity contribution in [3.8, 4) is 0 Å². The lowest BCUT2D eigenvalue weighted by atomic mass is 9.77. The summed E-state index contributed by atoms with van der Waals surface area (Å²) in [5.74, 6) is 0. The van der Waals surface area contributed by atoms with E-state index in [1.807, 2.05) is 5.10 Å². The zero-order valence-corrected chi connectivity index (χ0v) is 11.5. The Morgan fingerprint density at radius 1 is 1.11 bits per heavy atom. The highest BCUT2D eigenvalue weighted by atomic mass is 19.4. The lowest BCUT2D eigenvalue weighted by molar-refractivity contribution is -0.140. The zero-order chi connectivity index (χ0) is 14.6. The van der Waals surface area contributed by atoms with Gasteiger partial charge in [0.15, 0.2) is 0 Å². The van der Waals surface area contributed by atoms with Crippen LogP contribution in [0.4, 0.5) is 13.2 Å². The molecule has 1 aromatic rings. The van der Waals surface area contributed by atoms with Gasteiger partial charge in [-0.3, -0.25) is 5.10 Å². The molecule has 4 nitrogen and oxygen atoms in total. The summed E-state index contributed by atoms with van der Waals surface area (Å²) in [6.45, 7) is 8.64. The van der Waals surface area contributed by atoms with Crippen LogP contribution in [0.2, 0.25) is 0 Å². The van der Waals surface area contributed by atoms with Gasteiger partial charge in [0.2, 0.25) is 0 Å². The first-order chi connectivity index (χ1) is 8.46. The van der Waals surface area contributed by atoms with Crippen molar-refractivity contribution in [3.63, 3.8) is 0 Å². The minimum absolute atomic E-state index is 0.0776. The monoisotopic (exact) mass is 276 g/mol. The molecule has 1 N–H and O–H groups in total. The van der Waals surface area contributed by atoms with E-state index in [1.165, 1.54) is 6.92 Å². The first-order valence-electron chi connectivity index (χ1n) is 5.93. The Labute approximate surface area is 109 Å². The molecule has 0 saturated carbocycles. The van der Waals surface area contributed by atoms with Crippen LogP contribution in [0.25, 0.3) is 0 Å². The van der Waals surface area contributed by atoms with Crippen molar-refractivity contribution in [3.05, 3.63) is 11.4 Å². The second kappa shape index (κ2) is 3.99. The van der Waals surface area contributed by atoms with E-state index < -0.39 is 30.2 Å². The lowest BCUT2D eigenvalue weighted by Gasteiger charge is -2.32. The largest absolute Gasteiger partial charge is 0.498 e. The van der Waals surface area contributed by atoms with E-state index in [0.29, 0.717) is 0 Å². The lowest BCUT2D eigenvalue weighted by Crippen LogP contribution is -2.41. The number of rotatable bonds is 1. The first-order valence-corrected chi connectivity index (χ1v) is 5.93. The average Bonchev–Trinajstić information content (AvgIpc) is 2.65. The van der Waals surface area contributed by atoms with E-state index in [9.17, 15) is 13.2 Å². The molecule has 0 unspecified atom stereocenters. The van der Waals surface area contributed by atoms with Gasteiger partial charge in [0.1, 0.15) is 5.69 Å². The van der Waals surface area contributed by atoms with Gasteiger partial charge < -0.3 is 9.31 Å². The number of halogens is 3. The van der Waals surface area contributed by atoms with Crippen LogP contribution in [0.1, 0.15) is 39.1 Å². The number of nitrogens with zero attached hydrogens (tertiary/aromatic N) is 1. The quantitative estimate of drug-likeness (QED) is 0.798. The minimum atomic E-state index is -4.51. The Morgan fingerprint density at radius 3 is 2.00 bits per heavy atom. The molecule has 106 valence electrons. The number of alkyl halides is 3. The van der Waals surface area contributed by atoms with Crippen LogP contribution in [0.3, 0.4) is 0 Å². The summed E-state index contributed by atoms with van der Waals surface area (Å²) in [7, 11) is -1.07. The maximum Gasteiger partial charge on any atom is 0.498 e. The Bertz CT molecular complexity index is 481. The summed E-state index contributed by atoms with van der Waals surface area (Å²) in [4.78, 5) is 0. The highest BCUT2D eigenvalue weighted by Crippen LogP contribution is 2.38. The second-order valence-corrected chi connectivity index (χ2v) is 5.68. The van der Waals surface area contributed by atoms with Crippen molar-refractivity contribution in [2.75, 3.05) is 0 Å². The Kier molecular flexibility index (Phi) is 3.02. The van der Waals surface area contributed by atoms with Gasteiger partial charge in [-0.1, -0.05) is 0 Å². The Balaban J connectivity index is 2.43. The third-order valence-corrected chi connectivity index (χ3v) is 3.77. The molecule has 0 amide bonds. The van der Waals surface area contributed by atoms with Crippen molar-refractivity contribution >= 4 is 12.6 Å². The predicted octanol–water partition coefficient (Wildman–Crippen LogP) is 2.04. The van der Waals surface area contributed by atoms with Crippen molar-refractivity contribution < 1.29 is 22.5 Å². The van der Waals surface area contributed by atoms with Crippen LogP contribution in [0.15, 0.2) is 0 Å². The van der Waals surface area contributed by atoms with Gasteiger partial charge in [-0.2, -0.15) is 18.3 Å². The summed E-state index contributed by atoms with van der Waals surface area (Å²) >= 11 is 0. The highest BCUT2D eigenvalue weighted by molar-refractivity contribution is 6.63. The second-order valence-electron chi connectivity index (χ2n) is 5.68. The van der Waals surface area contributed by atoms with Gasteiger partial charge in [-0.25, -0.2) is 0 Å². The molecule has 0 spiro atoms. The molecule has 0 radical (unpaired) electrons. The molecule has 0 aromatic carbocycles. The van der Waals surface area contributed by atoms with E-state index in [1.54, 1.807) is 27.7 Å². The summed E-state index contributed by atoms with van der Waals surface area (Å²) < 4.78 is 50.0. The topological polar surface area (TPSA) is 47.1 Å². The molecule has 1 aliphatic rings. The molecule has 1 saturated heterocycles. The van der Waals surface area contributed by atoms with Crippen molar-refractivity contribution in [2.45, 2.75) is 52.0 Å². The van der Waals surface area contributed by atoms with E-state index in [-0.39, 0.29) is 11.2 Å². The summed E-state index contributed by atoms with van der Waals surface area (Å²) in [6.07, 6.45) is -4.51. The molecule has 19 heavy (non-hydrogen) atoms. The molecular formula is C11H16BF3N2O2. The summed E-state index contributed by atoms with van der Waals surface area (Å²) in [5.41, 5.74) is -2.14. The summed E-state index contributed by atoms with van der Waals surface area (Å²) in [6, 6.07) is 0. The Morgan fingerprint density at radius 2 is 1.58 bits per heavy atom. The third-order valence-electron chi connectivity index (χ3n) is 3.77. The van der Waals surface area contributed by atoms with Crippen molar-refractivity contribution in [1.82, 2.24) is 10.2 Å². The van der Waals surface area contributed by atoms with E-state index in [2.05, 4.69) is 5.10 Å². The SMILES string of the molecule is Cc1n[nH]c(C(F)(F)F)c1B1OC(C)(C)C(C)(C)O1. The van der Waals surface area contributed by atoms with Crippen LogP contribution >= 0.6 is 0 Å². The van der Waals surface area contributed by atoms with Gasteiger partial charge >= 0.3 is 13.3 Å². The maximum atomic E-state index is 12.9. The predicted molar refractivity (Wildman–Crippen MR) is 64.0 cm³/mol. The fourth-order valence-corrected chi connectivity index (χ4v) is 1.91. The molecule has 2 heterocycles. The van der Waals surface area contributed by atoms with E-state index in [4.69, 9.17) is 9.31 Å². The molecule has 1 fully saturated rings. The molecule has 0 atom stereocenters. The number of aromatic amines is 1. The molecule has 2 rings (SSSR count). The van der Waals surface area contributed by atoms with Gasteiger partial charge in [-0.15, -0.1) is 0 Å². The standard InChI is InChI=1S/C11H16BF3N2O2/c1-6-7(8(17-16-6)11(13,14)15)12-18-9(2,3)10(4,5)19-12/h1-5H3,(H,16,17). The molecular weight excluding hydrogens is 260 g/mol. The van der Waals surface area contributed by atoms with Crippen LogP contribution < -0.4 is 5.46 Å². The molecule has 1 aromatic heterocycles. The molecule has 1 aliphatic heterocycles. The normalized spacial score (nSPS) is 22.0. The fourth-order valence-electron chi connectivity index (χ4n) is 1.91. The number of aromatic nitrogens is 2. The Hall–Kier alpha value is -1.02. The third kappa shape index (κ3) is 2.27. The van der Waals surface area contributed by atoms with Crippen molar-refractivity contribution in [1.29, 1.82) is 0 Å². The van der Waals surface area contributed by atoms with Crippen LogP contribution in [0.5, 0.6) is 0 Å². The number of hydrogen-bond acceptors (Lipinski definition) is 3. The van der Waals surface area contributed by atoms with E-state index >= 15 is 0 Å². The average molecular weight is 276 g/mol.